The molecule has 136 valence electrons. The minimum atomic E-state index is -4.74. The van der Waals surface area contributed by atoms with Crippen LogP contribution in [0.4, 0.5) is 13.2 Å². The molecular weight excluding hydrogens is 353 g/mol. The molecule has 1 N–H and O–H groups in total. The van der Waals surface area contributed by atoms with E-state index >= 15 is 0 Å². The third-order valence-corrected chi connectivity index (χ3v) is 3.64. The summed E-state index contributed by atoms with van der Waals surface area (Å²) in [5.74, 6) is -0.934. The van der Waals surface area contributed by atoms with Gasteiger partial charge in [-0.3, -0.25) is 0 Å². The fourth-order valence-corrected chi connectivity index (χ4v) is 2.64. The van der Waals surface area contributed by atoms with Crippen LogP contribution in [0.1, 0.15) is 39.0 Å². The standard InChI is InChI=1S/C16H13F3N4O3/c1-9-5-11(22-26-9)6-10-7-12(16(17,18)19)23(14(10)15(24)25)8-13-20-3-2-4-21-13/h2-5,7H,6,8H2,1H3,(H,24,25). The van der Waals surface area contributed by atoms with Gasteiger partial charge in [0, 0.05) is 24.9 Å². The van der Waals surface area contributed by atoms with Crippen molar-refractivity contribution in [3.05, 3.63) is 64.8 Å². The number of carboxylic acids is 1. The van der Waals surface area contributed by atoms with Gasteiger partial charge in [0.1, 0.15) is 23.0 Å². The highest BCUT2D eigenvalue weighted by Gasteiger charge is 2.38. The van der Waals surface area contributed by atoms with E-state index in [4.69, 9.17) is 4.52 Å². The maximum atomic E-state index is 13.5. The van der Waals surface area contributed by atoms with E-state index < -0.39 is 30.1 Å². The number of alkyl halides is 3. The first-order valence-electron chi connectivity index (χ1n) is 7.46. The van der Waals surface area contributed by atoms with Gasteiger partial charge >= 0.3 is 12.1 Å². The molecule has 3 rings (SSSR count). The van der Waals surface area contributed by atoms with Crippen molar-refractivity contribution in [1.82, 2.24) is 19.7 Å². The Morgan fingerprint density at radius 2 is 1.96 bits per heavy atom. The Morgan fingerprint density at radius 3 is 2.50 bits per heavy atom. The SMILES string of the molecule is Cc1cc(Cc2cc(C(F)(F)F)n(Cc3ncccn3)c2C(=O)O)no1. The number of hydrogen-bond acceptors (Lipinski definition) is 5. The molecule has 0 fully saturated rings. The molecule has 3 aromatic rings. The van der Waals surface area contributed by atoms with Crippen molar-refractivity contribution in [2.75, 3.05) is 0 Å². The maximum absolute atomic E-state index is 13.5. The predicted molar refractivity (Wildman–Crippen MR) is 81.6 cm³/mol. The monoisotopic (exact) mass is 366 g/mol. The molecule has 0 aliphatic rings. The van der Waals surface area contributed by atoms with Gasteiger partial charge in [0.2, 0.25) is 0 Å². The zero-order valence-corrected chi connectivity index (χ0v) is 13.5. The first kappa shape index (κ1) is 17.6. The lowest BCUT2D eigenvalue weighted by Gasteiger charge is -2.13. The highest BCUT2D eigenvalue weighted by atomic mass is 19.4. The van der Waals surface area contributed by atoms with E-state index in [1.807, 2.05) is 0 Å². The lowest BCUT2D eigenvalue weighted by atomic mass is 10.1. The van der Waals surface area contributed by atoms with Crippen LogP contribution in [0.2, 0.25) is 0 Å². The summed E-state index contributed by atoms with van der Waals surface area (Å²) < 4.78 is 45.9. The minimum absolute atomic E-state index is 0.0194. The van der Waals surface area contributed by atoms with Crippen LogP contribution < -0.4 is 0 Å². The van der Waals surface area contributed by atoms with Gasteiger partial charge in [0.05, 0.1) is 12.2 Å². The van der Waals surface area contributed by atoms with Crippen LogP contribution in [-0.4, -0.2) is 30.8 Å². The maximum Gasteiger partial charge on any atom is 0.431 e. The Bertz CT molecular complexity index is 932. The second-order valence-electron chi connectivity index (χ2n) is 5.56. The predicted octanol–water partition coefficient (Wildman–Crippen LogP) is 2.93. The van der Waals surface area contributed by atoms with E-state index in [0.717, 1.165) is 6.07 Å². The molecule has 0 atom stereocenters. The number of carboxylic acid groups (broad SMARTS) is 1. The quantitative estimate of drug-likeness (QED) is 0.746. The molecule has 0 amide bonds. The highest BCUT2D eigenvalue weighted by Crippen LogP contribution is 2.34. The van der Waals surface area contributed by atoms with Crippen molar-refractivity contribution < 1.29 is 27.6 Å². The number of nitrogens with zero attached hydrogens (tertiary/aromatic N) is 4. The fraction of sp³-hybridized carbons (Fsp3) is 0.250. The van der Waals surface area contributed by atoms with Crippen LogP contribution in [0.15, 0.2) is 35.1 Å². The van der Waals surface area contributed by atoms with E-state index in [1.54, 1.807) is 6.92 Å². The van der Waals surface area contributed by atoms with Gasteiger partial charge in [-0.05, 0) is 24.6 Å². The Hall–Kier alpha value is -3.17. The molecule has 0 saturated heterocycles. The summed E-state index contributed by atoms with van der Waals surface area (Å²) in [5, 5.41) is 13.2. The van der Waals surface area contributed by atoms with Gasteiger partial charge in [-0.15, -0.1) is 0 Å². The summed E-state index contributed by atoms with van der Waals surface area (Å²) in [6.07, 6.45) is -2.10. The third kappa shape index (κ3) is 3.58. The minimum Gasteiger partial charge on any atom is -0.477 e. The normalized spacial score (nSPS) is 11.7. The molecule has 3 aromatic heterocycles. The molecule has 7 nitrogen and oxygen atoms in total. The second-order valence-corrected chi connectivity index (χ2v) is 5.56. The Morgan fingerprint density at radius 1 is 1.27 bits per heavy atom. The molecule has 0 saturated carbocycles. The van der Waals surface area contributed by atoms with Gasteiger partial charge in [-0.25, -0.2) is 14.8 Å². The topological polar surface area (TPSA) is 94.0 Å². The van der Waals surface area contributed by atoms with Crippen LogP contribution >= 0.6 is 0 Å². The van der Waals surface area contributed by atoms with Gasteiger partial charge in [0.15, 0.2) is 0 Å². The fourth-order valence-electron chi connectivity index (χ4n) is 2.64. The van der Waals surface area contributed by atoms with E-state index in [1.165, 1.54) is 24.5 Å². The second kappa shape index (κ2) is 6.62. The van der Waals surface area contributed by atoms with Gasteiger partial charge in [-0.2, -0.15) is 13.2 Å². The number of aromatic carboxylic acids is 1. The lowest BCUT2D eigenvalue weighted by molar-refractivity contribution is -0.143. The number of carbonyl (C=O) groups is 1. The number of aromatic nitrogens is 4. The summed E-state index contributed by atoms with van der Waals surface area (Å²) in [5.41, 5.74) is -1.25. The molecule has 26 heavy (non-hydrogen) atoms. The van der Waals surface area contributed by atoms with E-state index in [9.17, 15) is 23.1 Å². The summed E-state index contributed by atoms with van der Waals surface area (Å²) in [6, 6.07) is 3.87. The summed E-state index contributed by atoms with van der Waals surface area (Å²) in [6.45, 7) is 1.21. The average molecular weight is 366 g/mol. The Kier molecular flexibility index (Phi) is 4.49. The molecule has 0 bridgehead atoms. The first-order chi connectivity index (χ1) is 12.3. The Labute approximate surface area is 145 Å². The summed E-state index contributed by atoms with van der Waals surface area (Å²) in [4.78, 5) is 19.4. The number of aryl methyl sites for hydroxylation is 1. The van der Waals surface area contributed by atoms with Crippen molar-refractivity contribution in [3.63, 3.8) is 0 Å². The number of hydrogen-bond donors (Lipinski definition) is 1. The van der Waals surface area contributed by atoms with Crippen molar-refractivity contribution in [2.45, 2.75) is 26.1 Å². The molecule has 0 unspecified atom stereocenters. The molecule has 0 radical (unpaired) electrons. The first-order valence-corrected chi connectivity index (χ1v) is 7.46. The molecule has 0 aromatic carbocycles. The molecule has 0 spiro atoms. The largest absolute Gasteiger partial charge is 0.477 e. The van der Waals surface area contributed by atoms with Crippen molar-refractivity contribution in [2.24, 2.45) is 0 Å². The molecule has 0 aliphatic heterocycles. The van der Waals surface area contributed by atoms with Gasteiger partial charge in [-0.1, -0.05) is 5.16 Å². The van der Waals surface area contributed by atoms with Crippen LogP contribution in [0, 0.1) is 6.92 Å². The molecule has 10 heteroatoms. The number of rotatable bonds is 5. The highest BCUT2D eigenvalue weighted by molar-refractivity contribution is 5.88. The summed E-state index contributed by atoms with van der Waals surface area (Å²) in [7, 11) is 0. The van der Waals surface area contributed by atoms with E-state index in [0.29, 0.717) is 16.0 Å². The molecule has 0 aliphatic carbocycles. The van der Waals surface area contributed by atoms with Crippen molar-refractivity contribution in [1.29, 1.82) is 0 Å². The van der Waals surface area contributed by atoms with E-state index in [-0.39, 0.29) is 17.8 Å². The van der Waals surface area contributed by atoms with E-state index in [2.05, 4.69) is 15.1 Å². The number of halogens is 3. The van der Waals surface area contributed by atoms with Crippen molar-refractivity contribution >= 4 is 5.97 Å². The Balaban J connectivity index is 2.11. The lowest BCUT2D eigenvalue weighted by Crippen LogP contribution is -2.19. The van der Waals surface area contributed by atoms with Crippen LogP contribution in [0.25, 0.3) is 0 Å². The third-order valence-electron chi connectivity index (χ3n) is 3.64. The zero-order valence-electron chi connectivity index (χ0n) is 13.5. The van der Waals surface area contributed by atoms with Crippen molar-refractivity contribution in [3.8, 4) is 0 Å². The van der Waals surface area contributed by atoms with Crippen LogP contribution in [0.5, 0.6) is 0 Å². The zero-order chi connectivity index (χ0) is 18.9. The molecular formula is C16H13F3N4O3. The molecule has 3 heterocycles. The van der Waals surface area contributed by atoms with Gasteiger partial charge in [0.25, 0.3) is 0 Å². The smallest absolute Gasteiger partial charge is 0.431 e. The van der Waals surface area contributed by atoms with Gasteiger partial charge < -0.3 is 14.2 Å². The summed E-state index contributed by atoms with van der Waals surface area (Å²) >= 11 is 0. The van der Waals surface area contributed by atoms with Crippen LogP contribution in [-0.2, 0) is 19.1 Å². The average Bonchev–Trinajstić information content (AvgIpc) is 3.12. The van der Waals surface area contributed by atoms with Crippen LogP contribution in [0.3, 0.4) is 0 Å².